The maximum Gasteiger partial charge on any atom is 0.247 e. The van der Waals surface area contributed by atoms with Gasteiger partial charge in [0.05, 0.1) is 30.4 Å². The number of carbonyl (C=O) groups excluding carboxylic acids is 1. The van der Waals surface area contributed by atoms with Crippen molar-refractivity contribution in [2.45, 2.75) is 0 Å². The number of nitrogens with one attached hydrogen (secondary N) is 3. The van der Waals surface area contributed by atoms with Crippen LogP contribution in [0.15, 0.2) is 55.3 Å². The first kappa shape index (κ1) is 29.0. The van der Waals surface area contributed by atoms with E-state index in [0.29, 0.717) is 52.8 Å². The summed E-state index contributed by atoms with van der Waals surface area (Å²) in [4.78, 5) is 22.8. The van der Waals surface area contributed by atoms with Gasteiger partial charge in [0.25, 0.3) is 0 Å². The molecule has 12 heteroatoms. The quantitative estimate of drug-likeness (QED) is 0.210. The number of methoxy groups -OCH3 is 1. The van der Waals surface area contributed by atoms with Crippen molar-refractivity contribution in [2.75, 3.05) is 63.6 Å². The molecule has 0 saturated heterocycles. The number of carbonyl (C=O) groups is 1. The van der Waals surface area contributed by atoms with Gasteiger partial charge in [0.15, 0.2) is 5.82 Å². The maximum atomic E-state index is 12.8. The predicted octanol–water partition coefficient (Wildman–Crippen LogP) is 4.94. The molecule has 1 amide bonds. The number of amides is 1. The molecule has 202 valence electrons. The average molecular weight is 559 g/mol. The Labute approximate surface area is 227 Å². The average Bonchev–Trinajstić information content (AvgIpc) is 2.86. The molecule has 38 heavy (non-hydrogen) atoms. The minimum atomic E-state index is -2.56. The number of ether oxygens (including phenoxy) is 2. The monoisotopic (exact) mass is 558 g/mol. The van der Waals surface area contributed by atoms with Gasteiger partial charge in [-0.3, -0.25) is 4.79 Å². The van der Waals surface area contributed by atoms with Crippen molar-refractivity contribution in [1.29, 1.82) is 0 Å². The van der Waals surface area contributed by atoms with E-state index in [2.05, 4.69) is 32.5 Å². The second-order valence-electron chi connectivity index (χ2n) is 8.90. The molecule has 0 bridgehead atoms. The van der Waals surface area contributed by atoms with Gasteiger partial charge in [0.1, 0.15) is 30.3 Å². The lowest BCUT2D eigenvalue weighted by atomic mass is 10.2. The summed E-state index contributed by atoms with van der Waals surface area (Å²) in [6.45, 7) is 7.99. The fraction of sp³-hybridized carbons (Fsp3) is 0.269. The minimum Gasteiger partial charge on any atom is -0.494 e. The summed E-state index contributed by atoms with van der Waals surface area (Å²) in [5.74, 6) is 1.02. The van der Waals surface area contributed by atoms with Gasteiger partial charge in [-0.15, -0.1) is 0 Å². The Morgan fingerprint density at radius 3 is 2.53 bits per heavy atom. The van der Waals surface area contributed by atoms with Crippen molar-refractivity contribution in [3.8, 4) is 11.5 Å². The van der Waals surface area contributed by atoms with E-state index in [0.717, 1.165) is 0 Å². The van der Waals surface area contributed by atoms with E-state index in [1.54, 1.807) is 25.5 Å². The molecule has 0 saturated carbocycles. The lowest BCUT2D eigenvalue weighted by molar-refractivity contribution is -0.111. The zero-order valence-corrected chi connectivity index (χ0v) is 23.7. The van der Waals surface area contributed by atoms with Crippen molar-refractivity contribution in [2.24, 2.45) is 0 Å². The van der Waals surface area contributed by atoms with E-state index >= 15 is 0 Å². The number of likely N-dealkylation sites (N-methyl/N-ethyl adjacent to an activating group) is 1. The molecular formula is C26H32ClN6O4P. The lowest BCUT2D eigenvalue weighted by Gasteiger charge is -2.18. The highest BCUT2D eigenvalue weighted by Gasteiger charge is 2.18. The SMILES string of the molecule is C=CC(=O)Nc1cc(Nc2ncc(Cl)c(Nc3ccccc3P(C)(C)=O)n2)c(OC)cc1OCCN(C)C. The van der Waals surface area contributed by atoms with Crippen LogP contribution in [0.4, 0.5) is 28.8 Å². The number of hydrogen-bond donors (Lipinski definition) is 3. The zero-order chi connectivity index (χ0) is 27.9. The fourth-order valence-corrected chi connectivity index (χ4v) is 4.67. The topological polar surface area (TPSA) is 118 Å². The molecule has 3 aromatic rings. The highest BCUT2D eigenvalue weighted by Crippen LogP contribution is 2.40. The Morgan fingerprint density at radius 1 is 1.13 bits per heavy atom. The van der Waals surface area contributed by atoms with Crippen LogP contribution in [-0.2, 0) is 9.36 Å². The van der Waals surface area contributed by atoms with Crippen molar-refractivity contribution in [3.63, 3.8) is 0 Å². The number of rotatable bonds is 12. The maximum absolute atomic E-state index is 12.8. The summed E-state index contributed by atoms with van der Waals surface area (Å²) in [5, 5.41) is 10.0. The minimum absolute atomic E-state index is 0.214. The normalized spacial score (nSPS) is 11.1. The number of hydrogen-bond acceptors (Lipinski definition) is 9. The van der Waals surface area contributed by atoms with Gasteiger partial charge in [-0.1, -0.05) is 30.3 Å². The van der Waals surface area contributed by atoms with E-state index in [1.165, 1.54) is 19.4 Å². The fourth-order valence-electron chi connectivity index (χ4n) is 3.38. The van der Waals surface area contributed by atoms with Gasteiger partial charge < -0.3 is 34.9 Å². The molecule has 0 atom stereocenters. The molecule has 0 aliphatic heterocycles. The summed E-state index contributed by atoms with van der Waals surface area (Å²) < 4.78 is 24.2. The summed E-state index contributed by atoms with van der Waals surface area (Å²) in [6.07, 6.45) is 2.62. The number of nitrogens with zero attached hydrogens (tertiary/aromatic N) is 3. The van der Waals surface area contributed by atoms with Crippen LogP contribution in [0.5, 0.6) is 11.5 Å². The number of halogens is 1. The largest absolute Gasteiger partial charge is 0.494 e. The number of benzene rings is 2. The molecule has 0 aliphatic rings. The molecular weight excluding hydrogens is 527 g/mol. The Morgan fingerprint density at radius 2 is 1.87 bits per heavy atom. The molecule has 1 aromatic heterocycles. The molecule has 0 radical (unpaired) electrons. The molecule has 3 N–H and O–H groups in total. The summed E-state index contributed by atoms with van der Waals surface area (Å²) in [6, 6.07) is 10.6. The molecule has 0 unspecified atom stereocenters. The van der Waals surface area contributed by atoms with Crippen molar-refractivity contribution in [3.05, 3.63) is 60.3 Å². The summed E-state index contributed by atoms with van der Waals surface area (Å²) in [5.41, 5.74) is 1.53. The summed E-state index contributed by atoms with van der Waals surface area (Å²) in [7, 11) is 2.84. The molecule has 3 rings (SSSR count). The third kappa shape index (κ3) is 7.71. The molecule has 10 nitrogen and oxygen atoms in total. The molecule has 0 aliphatic carbocycles. The van der Waals surface area contributed by atoms with Gasteiger partial charge in [0.2, 0.25) is 11.9 Å². The number of anilines is 5. The van der Waals surface area contributed by atoms with E-state index in [-0.39, 0.29) is 11.0 Å². The van der Waals surface area contributed by atoms with Crippen LogP contribution in [0, 0.1) is 0 Å². The van der Waals surface area contributed by atoms with Crippen LogP contribution >= 0.6 is 18.7 Å². The highest BCUT2D eigenvalue weighted by atomic mass is 35.5. The third-order valence-corrected chi connectivity index (χ3v) is 7.10. The van der Waals surface area contributed by atoms with E-state index in [1.807, 2.05) is 43.3 Å². The highest BCUT2D eigenvalue weighted by molar-refractivity contribution is 7.70. The molecule has 1 heterocycles. The van der Waals surface area contributed by atoms with Gasteiger partial charge >= 0.3 is 0 Å². The van der Waals surface area contributed by atoms with Crippen molar-refractivity contribution < 1.29 is 18.8 Å². The van der Waals surface area contributed by atoms with Crippen molar-refractivity contribution >= 4 is 58.8 Å². The first-order valence-corrected chi connectivity index (χ1v) is 14.6. The van der Waals surface area contributed by atoms with Crippen LogP contribution in [0.25, 0.3) is 0 Å². The molecule has 0 spiro atoms. The predicted molar refractivity (Wildman–Crippen MR) is 155 cm³/mol. The van der Waals surface area contributed by atoms with Crippen LogP contribution in [-0.4, -0.2) is 68.5 Å². The van der Waals surface area contributed by atoms with Crippen LogP contribution in [0.1, 0.15) is 0 Å². The van der Waals surface area contributed by atoms with E-state index in [4.69, 9.17) is 21.1 Å². The third-order valence-electron chi connectivity index (χ3n) is 5.27. The smallest absolute Gasteiger partial charge is 0.247 e. The van der Waals surface area contributed by atoms with Gasteiger partial charge in [-0.2, -0.15) is 4.98 Å². The van der Waals surface area contributed by atoms with Crippen molar-refractivity contribution in [1.82, 2.24) is 14.9 Å². The Bertz CT molecular complexity index is 1360. The standard InChI is InChI=1S/C26H32ClN6O4P/c1-7-24(34)29-20-14-19(21(36-4)15-22(20)37-13-12-33(2)3)31-26-28-16-17(27)25(32-26)30-18-10-8-9-11-23(18)38(5,6)35/h7-11,14-16H,1,12-13H2,2-6H3,(H,29,34)(H2,28,30,31,32). The second kappa shape index (κ2) is 12.8. The van der Waals surface area contributed by atoms with Crippen LogP contribution in [0.3, 0.4) is 0 Å². The zero-order valence-electron chi connectivity index (χ0n) is 22.0. The van der Waals surface area contributed by atoms with Gasteiger partial charge in [-0.25, -0.2) is 4.98 Å². The Kier molecular flexibility index (Phi) is 9.74. The van der Waals surface area contributed by atoms with E-state index in [9.17, 15) is 9.36 Å². The second-order valence-corrected chi connectivity index (χ2v) is 12.5. The molecule has 0 fully saturated rings. The van der Waals surface area contributed by atoms with Gasteiger partial charge in [-0.05, 0) is 51.7 Å². The van der Waals surface area contributed by atoms with Crippen LogP contribution in [0.2, 0.25) is 5.02 Å². The van der Waals surface area contributed by atoms with E-state index < -0.39 is 13.0 Å². The first-order chi connectivity index (χ1) is 18.0. The lowest BCUT2D eigenvalue weighted by Crippen LogP contribution is -2.20. The first-order valence-electron chi connectivity index (χ1n) is 11.7. The van der Waals surface area contributed by atoms with Crippen LogP contribution < -0.4 is 30.7 Å². The molecule has 2 aromatic carbocycles. The Balaban J connectivity index is 1.95. The number of para-hydroxylation sites is 1. The Hall–Kier alpha value is -3.59. The summed E-state index contributed by atoms with van der Waals surface area (Å²) >= 11 is 6.38. The van der Waals surface area contributed by atoms with Gasteiger partial charge in [0, 0.05) is 17.9 Å². The number of aromatic nitrogens is 2.